The smallest absolute Gasteiger partial charge is 0.162 e. The van der Waals surface area contributed by atoms with E-state index < -0.39 is 0 Å². The molecular formula is C23H21BrCl3NO2. The van der Waals surface area contributed by atoms with E-state index in [1.54, 1.807) is 18.2 Å². The van der Waals surface area contributed by atoms with Gasteiger partial charge in [0.05, 0.1) is 6.61 Å². The van der Waals surface area contributed by atoms with Gasteiger partial charge in [0.2, 0.25) is 0 Å². The first-order valence-electron chi connectivity index (χ1n) is 9.40. The van der Waals surface area contributed by atoms with Gasteiger partial charge in [0.25, 0.3) is 0 Å². The van der Waals surface area contributed by atoms with Gasteiger partial charge in [0, 0.05) is 37.3 Å². The Morgan fingerprint density at radius 2 is 1.60 bits per heavy atom. The molecular weight excluding hydrogens is 509 g/mol. The third-order valence-electron chi connectivity index (χ3n) is 4.50. The summed E-state index contributed by atoms with van der Waals surface area (Å²) >= 11 is 22.4. The Balaban J connectivity index is 1.78. The minimum atomic E-state index is 0.241. The van der Waals surface area contributed by atoms with Crippen LogP contribution in [0.3, 0.4) is 0 Å². The van der Waals surface area contributed by atoms with Crippen LogP contribution in [0.4, 0.5) is 5.69 Å². The molecule has 0 saturated carbocycles. The second-order valence-electron chi connectivity index (χ2n) is 6.63. The van der Waals surface area contributed by atoms with E-state index >= 15 is 0 Å². The molecule has 158 valence electrons. The Morgan fingerprint density at radius 1 is 0.900 bits per heavy atom. The van der Waals surface area contributed by atoms with E-state index in [2.05, 4.69) is 21.2 Å². The Hall–Kier alpha value is -1.59. The second-order valence-corrected chi connectivity index (χ2v) is 8.71. The van der Waals surface area contributed by atoms with E-state index in [1.807, 2.05) is 44.2 Å². The molecule has 3 nitrogen and oxygen atoms in total. The zero-order valence-electron chi connectivity index (χ0n) is 16.6. The SMILES string of the molecule is CCOc1cc(CNc2ccc(C)c(Cl)c2)c(Br)cc1OCc1c(Cl)cccc1Cl. The number of hydrogen-bond acceptors (Lipinski definition) is 3. The van der Waals surface area contributed by atoms with Gasteiger partial charge in [-0.05, 0) is 61.4 Å². The molecule has 30 heavy (non-hydrogen) atoms. The first-order chi connectivity index (χ1) is 14.4. The van der Waals surface area contributed by atoms with Crippen molar-refractivity contribution in [3.63, 3.8) is 0 Å². The molecule has 0 fully saturated rings. The lowest BCUT2D eigenvalue weighted by atomic mass is 10.1. The highest BCUT2D eigenvalue weighted by molar-refractivity contribution is 9.10. The molecule has 0 aliphatic rings. The first kappa shape index (κ1) is 23.1. The van der Waals surface area contributed by atoms with E-state index in [4.69, 9.17) is 44.3 Å². The summed E-state index contributed by atoms with van der Waals surface area (Å²) in [7, 11) is 0. The maximum Gasteiger partial charge on any atom is 0.162 e. The fourth-order valence-corrected chi connectivity index (χ4v) is 3.96. The van der Waals surface area contributed by atoms with Crippen molar-refractivity contribution >= 4 is 56.4 Å². The second kappa shape index (κ2) is 10.6. The molecule has 0 spiro atoms. The number of rotatable bonds is 8. The molecule has 0 unspecified atom stereocenters. The van der Waals surface area contributed by atoms with Gasteiger partial charge >= 0.3 is 0 Å². The van der Waals surface area contributed by atoms with Crippen molar-refractivity contribution in [3.05, 3.63) is 84.8 Å². The Kier molecular flexibility index (Phi) is 8.18. The Morgan fingerprint density at radius 3 is 2.27 bits per heavy atom. The summed E-state index contributed by atoms with van der Waals surface area (Å²) in [6, 6.07) is 15.1. The van der Waals surface area contributed by atoms with E-state index in [-0.39, 0.29) is 6.61 Å². The Labute approximate surface area is 200 Å². The molecule has 7 heteroatoms. The maximum absolute atomic E-state index is 6.25. The molecule has 3 rings (SSSR count). The van der Waals surface area contributed by atoms with Gasteiger partial charge in [-0.2, -0.15) is 0 Å². The van der Waals surface area contributed by atoms with Gasteiger partial charge in [0.15, 0.2) is 11.5 Å². The number of hydrogen-bond donors (Lipinski definition) is 1. The Bertz CT molecular complexity index is 1020. The number of ether oxygens (including phenoxy) is 2. The van der Waals surface area contributed by atoms with Crippen molar-refractivity contribution in [2.45, 2.75) is 27.0 Å². The van der Waals surface area contributed by atoms with Crippen molar-refractivity contribution in [1.82, 2.24) is 0 Å². The molecule has 0 heterocycles. The normalized spacial score (nSPS) is 10.7. The standard InChI is InChI=1S/C23H21BrCl3NO2/c1-3-29-22-9-15(12-28-16-8-7-14(2)21(27)10-16)18(24)11-23(22)30-13-17-19(25)5-4-6-20(17)26/h4-11,28H,3,12-13H2,1-2H3. The molecule has 0 amide bonds. The molecule has 0 atom stereocenters. The summed E-state index contributed by atoms with van der Waals surface area (Å²) in [5.74, 6) is 1.27. The van der Waals surface area contributed by atoms with Crippen LogP contribution in [0.25, 0.3) is 0 Å². The maximum atomic E-state index is 6.25. The highest BCUT2D eigenvalue weighted by Crippen LogP contribution is 2.36. The zero-order valence-corrected chi connectivity index (χ0v) is 20.4. The zero-order chi connectivity index (χ0) is 21.7. The summed E-state index contributed by atoms with van der Waals surface area (Å²) in [5.41, 5.74) is 3.76. The summed E-state index contributed by atoms with van der Waals surface area (Å²) in [6.07, 6.45) is 0. The van der Waals surface area contributed by atoms with Gasteiger partial charge in [-0.1, -0.05) is 62.9 Å². The van der Waals surface area contributed by atoms with Crippen LogP contribution in [0.1, 0.15) is 23.6 Å². The van der Waals surface area contributed by atoms with Crippen LogP contribution in [0.2, 0.25) is 15.1 Å². The lowest BCUT2D eigenvalue weighted by molar-refractivity contribution is 0.269. The summed E-state index contributed by atoms with van der Waals surface area (Å²) in [6.45, 7) is 5.26. The lowest BCUT2D eigenvalue weighted by Gasteiger charge is -2.17. The van der Waals surface area contributed by atoms with Crippen molar-refractivity contribution in [3.8, 4) is 11.5 Å². The fourth-order valence-electron chi connectivity index (χ4n) is 2.81. The quantitative estimate of drug-likeness (QED) is 0.318. The predicted octanol–water partition coefficient (Wildman–Crippen LogP) is 8.31. The average Bonchev–Trinajstić information content (AvgIpc) is 2.71. The lowest BCUT2D eigenvalue weighted by Crippen LogP contribution is -2.04. The summed E-state index contributed by atoms with van der Waals surface area (Å²) < 4.78 is 12.7. The van der Waals surface area contributed by atoms with Crippen LogP contribution in [-0.2, 0) is 13.2 Å². The van der Waals surface area contributed by atoms with Gasteiger partial charge in [0.1, 0.15) is 6.61 Å². The van der Waals surface area contributed by atoms with E-state index in [0.29, 0.717) is 34.7 Å². The minimum Gasteiger partial charge on any atom is -0.490 e. The third-order valence-corrected chi connectivity index (χ3v) is 6.35. The summed E-state index contributed by atoms with van der Waals surface area (Å²) in [5, 5.41) is 5.25. The monoisotopic (exact) mass is 527 g/mol. The molecule has 0 bridgehead atoms. The van der Waals surface area contributed by atoms with Crippen molar-refractivity contribution in [2.24, 2.45) is 0 Å². The van der Waals surface area contributed by atoms with Crippen LogP contribution >= 0.6 is 50.7 Å². The van der Waals surface area contributed by atoms with Crippen LogP contribution in [0.5, 0.6) is 11.5 Å². The van der Waals surface area contributed by atoms with E-state index in [0.717, 1.165) is 31.9 Å². The highest BCUT2D eigenvalue weighted by Gasteiger charge is 2.13. The predicted molar refractivity (Wildman–Crippen MR) is 130 cm³/mol. The molecule has 0 aliphatic carbocycles. The van der Waals surface area contributed by atoms with Crippen LogP contribution in [0.15, 0.2) is 53.0 Å². The van der Waals surface area contributed by atoms with Crippen LogP contribution in [-0.4, -0.2) is 6.61 Å². The molecule has 3 aromatic carbocycles. The molecule has 0 aromatic heterocycles. The third kappa shape index (κ3) is 5.76. The number of nitrogens with one attached hydrogen (secondary N) is 1. The number of benzene rings is 3. The number of aryl methyl sites for hydroxylation is 1. The molecule has 0 saturated heterocycles. The first-order valence-corrected chi connectivity index (χ1v) is 11.3. The highest BCUT2D eigenvalue weighted by atomic mass is 79.9. The summed E-state index contributed by atoms with van der Waals surface area (Å²) in [4.78, 5) is 0. The molecule has 0 aliphatic heterocycles. The molecule has 0 radical (unpaired) electrons. The van der Waals surface area contributed by atoms with Gasteiger partial charge in [-0.15, -0.1) is 0 Å². The van der Waals surface area contributed by atoms with Crippen LogP contribution < -0.4 is 14.8 Å². The fraction of sp³-hybridized carbons (Fsp3) is 0.217. The largest absolute Gasteiger partial charge is 0.490 e. The van der Waals surface area contributed by atoms with Gasteiger partial charge in [-0.25, -0.2) is 0 Å². The van der Waals surface area contributed by atoms with Crippen molar-refractivity contribution in [1.29, 1.82) is 0 Å². The van der Waals surface area contributed by atoms with Crippen molar-refractivity contribution < 1.29 is 9.47 Å². The number of anilines is 1. The average molecular weight is 530 g/mol. The minimum absolute atomic E-state index is 0.241. The van der Waals surface area contributed by atoms with Crippen molar-refractivity contribution in [2.75, 3.05) is 11.9 Å². The van der Waals surface area contributed by atoms with Gasteiger partial charge < -0.3 is 14.8 Å². The number of halogens is 4. The van der Waals surface area contributed by atoms with E-state index in [1.165, 1.54) is 0 Å². The molecule has 3 aromatic rings. The van der Waals surface area contributed by atoms with E-state index in [9.17, 15) is 0 Å². The topological polar surface area (TPSA) is 30.5 Å². The van der Waals surface area contributed by atoms with Gasteiger partial charge in [-0.3, -0.25) is 0 Å². The van der Waals surface area contributed by atoms with Crippen LogP contribution in [0, 0.1) is 6.92 Å². The molecule has 1 N–H and O–H groups in total.